The standard InChI is InChI=1S/C20H22N2O3S/c1-12-17(19(23)25-3)18(13-8-10-14(24-2)11-9-13)22-15-6-4-5-7-16(15)26-20(22)21-12/h8-11,18H,4-7H2,1-3H3. The number of thioether (sulfide) groups is 1. The van der Waals surface area contributed by atoms with Crippen LogP contribution in [0.4, 0.5) is 0 Å². The Morgan fingerprint density at radius 1 is 1.19 bits per heavy atom. The summed E-state index contributed by atoms with van der Waals surface area (Å²) in [6, 6.07) is 7.71. The summed E-state index contributed by atoms with van der Waals surface area (Å²) in [7, 11) is 3.08. The molecule has 1 atom stereocenters. The highest BCUT2D eigenvalue weighted by Crippen LogP contribution is 2.51. The van der Waals surface area contributed by atoms with E-state index in [1.807, 2.05) is 31.2 Å². The monoisotopic (exact) mass is 370 g/mol. The lowest BCUT2D eigenvalue weighted by molar-refractivity contribution is -0.136. The van der Waals surface area contributed by atoms with Crippen molar-refractivity contribution in [3.63, 3.8) is 0 Å². The third-order valence-corrected chi connectivity index (χ3v) is 6.28. The molecule has 1 aromatic carbocycles. The molecule has 2 heterocycles. The molecule has 0 saturated heterocycles. The molecule has 0 bridgehead atoms. The van der Waals surface area contributed by atoms with Crippen LogP contribution in [0.2, 0.25) is 0 Å². The molecule has 3 aliphatic rings. The summed E-state index contributed by atoms with van der Waals surface area (Å²) < 4.78 is 10.4. The largest absolute Gasteiger partial charge is 0.497 e. The highest BCUT2D eigenvalue weighted by molar-refractivity contribution is 8.17. The molecule has 136 valence electrons. The average Bonchev–Trinajstić information content (AvgIpc) is 3.04. The molecular formula is C20H22N2O3S. The molecular weight excluding hydrogens is 348 g/mol. The van der Waals surface area contributed by atoms with Gasteiger partial charge in [0, 0.05) is 10.6 Å². The molecule has 0 fully saturated rings. The molecule has 0 radical (unpaired) electrons. The van der Waals surface area contributed by atoms with Gasteiger partial charge in [-0.15, -0.1) is 0 Å². The van der Waals surface area contributed by atoms with Gasteiger partial charge in [-0.2, -0.15) is 0 Å². The number of amidine groups is 1. The molecule has 0 amide bonds. The van der Waals surface area contributed by atoms with Crippen LogP contribution in [0.5, 0.6) is 5.75 Å². The molecule has 26 heavy (non-hydrogen) atoms. The molecule has 0 aromatic heterocycles. The Kier molecular flexibility index (Phi) is 4.53. The van der Waals surface area contributed by atoms with Gasteiger partial charge in [-0.3, -0.25) is 0 Å². The SMILES string of the molecule is COC(=O)C1=C(C)N=C2SC3=C(CCCC3)N2C1c1ccc(OC)cc1. The first kappa shape index (κ1) is 17.2. The zero-order chi connectivity index (χ0) is 18.3. The maximum Gasteiger partial charge on any atom is 0.338 e. The van der Waals surface area contributed by atoms with Gasteiger partial charge in [-0.25, -0.2) is 9.79 Å². The number of esters is 1. The van der Waals surface area contributed by atoms with Crippen LogP contribution in [0.3, 0.4) is 0 Å². The van der Waals surface area contributed by atoms with Gasteiger partial charge in [0.2, 0.25) is 0 Å². The molecule has 1 aliphatic carbocycles. The van der Waals surface area contributed by atoms with Crippen molar-refractivity contribution in [3.8, 4) is 5.75 Å². The zero-order valence-corrected chi connectivity index (χ0v) is 16.1. The molecule has 0 N–H and O–H groups in total. The Bertz CT molecular complexity index is 839. The number of allylic oxidation sites excluding steroid dienone is 3. The van der Waals surface area contributed by atoms with Gasteiger partial charge < -0.3 is 14.4 Å². The van der Waals surface area contributed by atoms with Crippen molar-refractivity contribution in [2.45, 2.75) is 38.6 Å². The average molecular weight is 370 g/mol. The van der Waals surface area contributed by atoms with Crippen molar-refractivity contribution in [1.29, 1.82) is 0 Å². The van der Waals surface area contributed by atoms with Crippen molar-refractivity contribution in [3.05, 3.63) is 51.7 Å². The summed E-state index contributed by atoms with van der Waals surface area (Å²) >= 11 is 1.75. The number of nitrogens with zero attached hydrogens (tertiary/aromatic N) is 2. The molecule has 1 unspecified atom stereocenters. The van der Waals surface area contributed by atoms with Gasteiger partial charge in [0.1, 0.15) is 5.75 Å². The van der Waals surface area contributed by atoms with Gasteiger partial charge >= 0.3 is 5.97 Å². The summed E-state index contributed by atoms with van der Waals surface area (Å²) in [4.78, 5) is 21.0. The van der Waals surface area contributed by atoms with Crippen LogP contribution in [-0.2, 0) is 9.53 Å². The number of methoxy groups -OCH3 is 2. The van der Waals surface area contributed by atoms with E-state index in [9.17, 15) is 4.79 Å². The normalized spacial score (nSPS) is 22.0. The molecule has 4 rings (SSSR count). The van der Waals surface area contributed by atoms with Gasteiger partial charge in [-0.1, -0.05) is 23.9 Å². The fraction of sp³-hybridized carbons (Fsp3) is 0.400. The van der Waals surface area contributed by atoms with E-state index in [1.165, 1.54) is 30.6 Å². The quantitative estimate of drug-likeness (QED) is 0.739. The predicted molar refractivity (Wildman–Crippen MR) is 103 cm³/mol. The first-order chi connectivity index (χ1) is 12.6. The molecule has 1 aromatic rings. The van der Waals surface area contributed by atoms with E-state index in [1.54, 1.807) is 18.9 Å². The summed E-state index contributed by atoms with van der Waals surface area (Å²) in [5, 5.41) is 0.975. The smallest absolute Gasteiger partial charge is 0.338 e. The minimum Gasteiger partial charge on any atom is -0.497 e. The van der Waals surface area contributed by atoms with Crippen LogP contribution in [0.1, 0.15) is 44.2 Å². The minimum absolute atomic E-state index is 0.209. The maximum absolute atomic E-state index is 12.6. The van der Waals surface area contributed by atoms with Crippen molar-refractivity contribution in [2.75, 3.05) is 14.2 Å². The number of rotatable bonds is 3. The number of carbonyl (C=O) groups excluding carboxylic acids is 1. The molecule has 5 nitrogen and oxygen atoms in total. The third-order valence-electron chi connectivity index (χ3n) is 5.12. The van der Waals surface area contributed by atoms with Gasteiger partial charge in [-0.05, 0) is 50.3 Å². The second kappa shape index (κ2) is 6.83. The first-order valence-corrected chi connectivity index (χ1v) is 9.66. The van der Waals surface area contributed by atoms with E-state index in [2.05, 4.69) is 4.90 Å². The number of fused-ring (bicyclic) bond motifs is 2. The lowest BCUT2D eigenvalue weighted by Gasteiger charge is -2.36. The molecule has 0 saturated carbocycles. The first-order valence-electron chi connectivity index (χ1n) is 8.85. The van der Waals surface area contributed by atoms with Crippen LogP contribution in [0.25, 0.3) is 0 Å². The fourth-order valence-corrected chi connectivity index (χ4v) is 5.13. The lowest BCUT2D eigenvalue weighted by atomic mass is 9.92. The summed E-state index contributed by atoms with van der Waals surface area (Å²) in [5.41, 5.74) is 3.70. The second-order valence-corrected chi connectivity index (χ2v) is 7.67. The number of carbonyl (C=O) groups is 1. The lowest BCUT2D eigenvalue weighted by Crippen LogP contribution is -2.36. The molecule has 6 heteroatoms. The number of hydrogen-bond donors (Lipinski definition) is 0. The minimum atomic E-state index is -0.319. The van der Waals surface area contributed by atoms with Crippen LogP contribution >= 0.6 is 11.8 Å². The molecule has 0 spiro atoms. The van der Waals surface area contributed by atoms with Crippen molar-refractivity contribution >= 4 is 22.9 Å². The maximum atomic E-state index is 12.6. The van der Waals surface area contributed by atoms with E-state index < -0.39 is 0 Å². The van der Waals surface area contributed by atoms with Crippen molar-refractivity contribution < 1.29 is 14.3 Å². The van der Waals surface area contributed by atoms with Crippen LogP contribution in [0.15, 0.2) is 51.1 Å². The van der Waals surface area contributed by atoms with Crippen molar-refractivity contribution in [2.24, 2.45) is 4.99 Å². The zero-order valence-electron chi connectivity index (χ0n) is 15.2. The van der Waals surface area contributed by atoms with Crippen molar-refractivity contribution in [1.82, 2.24) is 4.90 Å². The highest BCUT2D eigenvalue weighted by Gasteiger charge is 2.43. The van der Waals surface area contributed by atoms with E-state index >= 15 is 0 Å². The number of aliphatic imine (C=N–C) groups is 1. The summed E-state index contributed by atoms with van der Waals surface area (Å²) in [6.07, 6.45) is 4.52. The van der Waals surface area contributed by atoms with Gasteiger partial charge in [0.05, 0.1) is 31.5 Å². The predicted octanol–water partition coefficient (Wildman–Crippen LogP) is 4.39. The van der Waals surface area contributed by atoms with E-state index in [-0.39, 0.29) is 12.0 Å². The number of hydrogen-bond acceptors (Lipinski definition) is 6. The Morgan fingerprint density at radius 2 is 1.92 bits per heavy atom. The topological polar surface area (TPSA) is 51.1 Å². The number of benzene rings is 1. The van der Waals surface area contributed by atoms with Gasteiger partial charge in [0.25, 0.3) is 0 Å². The number of ether oxygens (including phenoxy) is 2. The van der Waals surface area contributed by atoms with E-state index in [4.69, 9.17) is 14.5 Å². The fourth-order valence-electron chi connectivity index (χ4n) is 3.85. The Morgan fingerprint density at radius 3 is 2.62 bits per heavy atom. The van der Waals surface area contributed by atoms with Crippen LogP contribution < -0.4 is 4.74 Å². The van der Waals surface area contributed by atoms with E-state index in [0.717, 1.165) is 35.0 Å². The molecule has 2 aliphatic heterocycles. The van der Waals surface area contributed by atoms with Crippen LogP contribution in [-0.4, -0.2) is 30.3 Å². The Labute approximate surface area is 157 Å². The van der Waals surface area contributed by atoms with Crippen LogP contribution in [0, 0.1) is 0 Å². The summed E-state index contributed by atoms with van der Waals surface area (Å²) in [6.45, 7) is 1.89. The Hall–Kier alpha value is -2.21. The highest BCUT2D eigenvalue weighted by atomic mass is 32.2. The van der Waals surface area contributed by atoms with Gasteiger partial charge in [0.15, 0.2) is 5.17 Å². The second-order valence-electron chi connectivity index (χ2n) is 6.61. The Balaban J connectivity index is 1.85. The third kappa shape index (κ3) is 2.72. The summed E-state index contributed by atoms with van der Waals surface area (Å²) in [5.74, 6) is 0.480. The van der Waals surface area contributed by atoms with E-state index in [0.29, 0.717) is 5.57 Å².